The minimum absolute atomic E-state index is 0.335. The van der Waals surface area contributed by atoms with Crippen molar-refractivity contribution in [3.05, 3.63) is 0 Å². The first-order chi connectivity index (χ1) is 7.85. The molecule has 0 fully saturated rings. The summed E-state index contributed by atoms with van der Waals surface area (Å²) >= 11 is 0. The van der Waals surface area contributed by atoms with Crippen LogP contribution in [0.3, 0.4) is 0 Å². The van der Waals surface area contributed by atoms with E-state index in [2.05, 4.69) is 78.0 Å². The molecule has 0 amide bonds. The van der Waals surface area contributed by atoms with Crippen molar-refractivity contribution in [3.63, 3.8) is 0 Å². The smallest absolute Gasteiger partial charge is 0.173 e. The maximum absolute atomic E-state index is 4.47. The topological polar surface area (TPSA) is 24.4 Å². The molecule has 0 rings (SSSR count). The van der Waals surface area contributed by atoms with Crippen LogP contribution >= 0.6 is 0 Å². The summed E-state index contributed by atoms with van der Waals surface area (Å²) in [5, 5.41) is 8.23. The molecule has 1 atom stereocenters. The zero-order chi connectivity index (χ0) is 14.6. The standard InChI is InChI=1S/C15H34N2Si/c1-13(12-14(2,3)4)10-11-16-17-18(8,9)15(5,6)7/h11,13,17H,10,12H2,1-9H3/b16-11+/t13-/m0/s1. The van der Waals surface area contributed by atoms with Gasteiger partial charge in [0.25, 0.3) is 0 Å². The zero-order valence-corrected chi connectivity index (χ0v) is 15.0. The number of nitrogens with zero attached hydrogens (tertiary/aromatic N) is 1. The lowest BCUT2D eigenvalue weighted by molar-refractivity contribution is 0.313. The Morgan fingerprint density at radius 2 is 1.61 bits per heavy atom. The van der Waals surface area contributed by atoms with Crippen LogP contribution in [0, 0.1) is 11.3 Å². The predicted octanol–water partition coefficient (Wildman–Crippen LogP) is 5.03. The van der Waals surface area contributed by atoms with E-state index in [0.29, 0.717) is 16.4 Å². The Balaban J connectivity index is 4.13. The summed E-state index contributed by atoms with van der Waals surface area (Å²) in [6, 6.07) is 0. The van der Waals surface area contributed by atoms with Gasteiger partial charge in [0, 0.05) is 6.21 Å². The Morgan fingerprint density at radius 1 is 1.11 bits per heavy atom. The van der Waals surface area contributed by atoms with Crippen LogP contribution in [-0.4, -0.2) is 14.5 Å². The third-order valence-corrected chi connectivity index (χ3v) is 8.22. The van der Waals surface area contributed by atoms with Crippen molar-refractivity contribution in [1.82, 2.24) is 5.09 Å². The summed E-state index contributed by atoms with van der Waals surface area (Å²) in [6.07, 6.45) is 4.38. The Labute approximate surface area is 116 Å². The molecule has 2 nitrogen and oxygen atoms in total. The van der Waals surface area contributed by atoms with Gasteiger partial charge in [0.2, 0.25) is 0 Å². The van der Waals surface area contributed by atoms with Gasteiger partial charge in [-0.2, -0.15) is 0 Å². The summed E-state index contributed by atoms with van der Waals surface area (Å²) < 4.78 is 0. The molecule has 0 aromatic heterocycles. The van der Waals surface area contributed by atoms with Crippen molar-refractivity contribution in [2.45, 2.75) is 79.4 Å². The molecular formula is C15H34N2Si. The highest BCUT2D eigenvalue weighted by Gasteiger charge is 2.35. The van der Waals surface area contributed by atoms with E-state index >= 15 is 0 Å². The number of hydrogen-bond acceptors (Lipinski definition) is 2. The fourth-order valence-electron chi connectivity index (χ4n) is 1.74. The first kappa shape index (κ1) is 17.7. The van der Waals surface area contributed by atoms with Crippen molar-refractivity contribution in [3.8, 4) is 0 Å². The maximum atomic E-state index is 4.47. The van der Waals surface area contributed by atoms with Crippen LogP contribution in [0.2, 0.25) is 18.1 Å². The second kappa shape index (κ2) is 6.22. The molecule has 0 unspecified atom stereocenters. The lowest BCUT2D eigenvalue weighted by Gasteiger charge is -2.35. The van der Waals surface area contributed by atoms with E-state index in [4.69, 9.17) is 0 Å². The lowest BCUT2D eigenvalue weighted by atomic mass is 9.84. The van der Waals surface area contributed by atoms with Gasteiger partial charge < -0.3 is 5.09 Å². The summed E-state index contributed by atoms with van der Waals surface area (Å²) in [6.45, 7) is 20.8. The Hall–Kier alpha value is -0.313. The average molecular weight is 271 g/mol. The molecule has 0 spiro atoms. The summed E-state index contributed by atoms with van der Waals surface area (Å²) in [5.74, 6) is 0.704. The molecule has 0 saturated heterocycles. The molecule has 0 aromatic carbocycles. The van der Waals surface area contributed by atoms with E-state index in [9.17, 15) is 0 Å². The number of hydrazone groups is 1. The monoisotopic (exact) mass is 270 g/mol. The van der Waals surface area contributed by atoms with Crippen LogP contribution in [0.15, 0.2) is 5.10 Å². The summed E-state index contributed by atoms with van der Waals surface area (Å²) in [4.78, 5) is 0. The molecule has 0 heterocycles. The van der Waals surface area contributed by atoms with Crippen LogP contribution in [0.1, 0.15) is 61.3 Å². The molecule has 108 valence electrons. The summed E-state index contributed by atoms with van der Waals surface area (Å²) in [7, 11) is -1.47. The van der Waals surface area contributed by atoms with Crippen LogP contribution in [0.25, 0.3) is 0 Å². The number of hydrogen-bond donors (Lipinski definition) is 1. The average Bonchev–Trinajstić information content (AvgIpc) is 2.07. The highest BCUT2D eigenvalue weighted by Crippen LogP contribution is 2.33. The molecule has 0 saturated carbocycles. The molecular weight excluding hydrogens is 236 g/mol. The maximum Gasteiger partial charge on any atom is 0.173 e. The van der Waals surface area contributed by atoms with E-state index < -0.39 is 8.24 Å². The summed E-state index contributed by atoms with van der Waals surface area (Å²) in [5.41, 5.74) is 0.417. The van der Waals surface area contributed by atoms with Gasteiger partial charge in [-0.15, -0.1) is 0 Å². The van der Waals surface area contributed by atoms with Crippen molar-refractivity contribution < 1.29 is 0 Å². The van der Waals surface area contributed by atoms with Crippen molar-refractivity contribution in [2.75, 3.05) is 0 Å². The third-order valence-electron chi connectivity index (χ3n) is 3.78. The normalized spacial score (nSPS) is 16.1. The molecule has 3 heteroatoms. The molecule has 0 aliphatic carbocycles. The van der Waals surface area contributed by atoms with E-state index in [1.807, 2.05) is 0 Å². The first-order valence-corrected chi connectivity index (χ1v) is 10.1. The van der Waals surface area contributed by atoms with Crippen LogP contribution in [-0.2, 0) is 0 Å². The molecule has 0 aliphatic rings. The quantitative estimate of drug-likeness (QED) is 0.423. The van der Waals surface area contributed by atoms with Crippen molar-refractivity contribution in [2.24, 2.45) is 16.4 Å². The van der Waals surface area contributed by atoms with Crippen LogP contribution in [0.4, 0.5) is 0 Å². The minimum atomic E-state index is -1.47. The Bertz CT molecular complexity index is 269. The van der Waals surface area contributed by atoms with Gasteiger partial charge in [-0.1, -0.05) is 48.5 Å². The highest BCUT2D eigenvalue weighted by atomic mass is 28.3. The van der Waals surface area contributed by atoms with E-state index in [0.717, 1.165) is 6.42 Å². The van der Waals surface area contributed by atoms with Gasteiger partial charge in [-0.3, -0.25) is 0 Å². The molecule has 18 heavy (non-hydrogen) atoms. The molecule has 0 bridgehead atoms. The van der Waals surface area contributed by atoms with Gasteiger partial charge in [-0.05, 0) is 42.3 Å². The van der Waals surface area contributed by atoms with Crippen LogP contribution in [0.5, 0.6) is 0 Å². The lowest BCUT2D eigenvalue weighted by Crippen LogP contribution is -2.49. The Morgan fingerprint density at radius 3 is 2.00 bits per heavy atom. The molecule has 1 N–H and O–H groups in total. The number of rotatable bonds is 5. The van der Waals surface area contributed by atoms with Crippen LogP contribution < -0.4 is 5.09 Å². The largest absolute Gasteiger partial charge is 0.337 e. The van der Waals surface area contributed by atoms with E-state index in [1.165, 1.54) is 6.42 Å². The second-order valence-corrected chi connectivity index (χ2v) is 13.4. The molecule has 0 aliphatic heterocycles. The SMILES string of the molecule is C[C@@H](C/C=N/N[Si](C)(C)C(C)(C)C)CC(C)(C)C. The Kier molecular flexibility index (Phi) is 6.12. The second-order valence-electron chi connectivity index (χ2n) is 8.40. The van der Waals surface area contributed by atoms with Gasteiger partial charge in [0.15, 0.2) is 8.24 Å². The van der Waals surface area contributed by atoms with Crippen molar-refractivity contribution in [1.29, 1.82) is 0 Å². The third kappa shape index (κ3) is 7.19. The molecule has 0 aromatic rings. The van der Waals surface area contributed by atoms with Gasteiger partial charge >= 0.3 is 0 Å². The fourth-order valence-corrected chi connectivity index (χ4v) is 2.49. The van der Waals surface area contributed by atoms with E-state index in [-0.39, 0.29) is 0 Å². The first-order valence-electron chi connectivity index (χ1n) is 7.14. The predicted molar refractivity (Wildman–Crippen MR) is 86.7 cm³/mol. The molecule has 0 radical (unpaired) electrons. The number of nitrogens with one attached hydrogen (secondary N) is 1. The minimum Gasteiger partial charge on any atom is -0.337 e. The van der Waals surface area contributed by atoms with Gasteiger partial charge in [-0.25, -0.2) is 5.10 Å². The highest BCUT2D eigenvalue weighted by molar-refractivity contribution is 6.77. The van der Waals surface area contributed by atoms with Crippen molar-refractivity contribution >= 4 is 14.5 Å². The fraction of sp³-hybridized carbons (Fsp3) is 0.933. The van der Waals surface area contributed by atoms with E-state index in [1.54, 1.807) is 0 Å². The van der Waals surface area contributed by atoms with Gasteiger partial charge in [0.05, 0.1) is 0 Å². The van der Waals surface area contributed by atoms with Gasteiger partial charge in [0.1, 0.15) is 0 Å². The zero-order valence-electron chi connectivity index (χ0n) is 14.0.